The van der Waals surface area contributed by atoms with Crippen LogP contribution in [0, 0.1) is 5.41 Å². The van der Waals surface area contributed by atoms with Crippen molar-refractivity contribution in [3.05, 3.63) is 43.0 Å². The molecule has 1 N–H and O–H groups in total. The Hall–Kier alpha value is -2.83. The van der Waals surface area contributed by atoms with Crippen molar-refractivity contribution in [3.63, 3.8) is 0 Å². The van der Waals surface area contributed by atoms with Crippen LogP contribution in [-0.2, 0) is 16.1 Å². The topological polar surface area (TPSA) is 76.5 Å². The molecule has 1 aromatic carbocycles. The van der Waals surface area contributed by atoms with E-state index in [2.05, 4.69) is 10.3 Å². The average molecular weight is 354 g/mol. The standard InChI is InChI=1S/C19H22N4O3/c1-26-16-4-2-15(3-5-16)23-11-14(10-17(23)24)21-18(25)19(6-7-19)12-22-9-8-20-13-22/h2-5,8-9,13-14H,6-7,10-12H2,1H3,(H,21,25)/t14-/m1/s1. The van der Waals surface area contributed by atoms with Gasteiger partial charge in [-0.05, 0) is 37.1 Å². The molecule has 2 fully saturated rings. The smallest absolute Gasteiger partial charge is 0.229 e. The van der Waals surface area contributed by atoms with Crippen molar-refractivity contribution < 1.29 is 14.3 Å². The number of anilines is 1. The normalized spacial score (nSPS) is 20.9. The number of hydrogen-bond donors (Lipinski definition) is 1. The number of rotatable bonds is 6. The van der Waals surface area contributed by atoms with Crippen molar-refractivity contribution in [3.8, 4) is 5.75 Å². The van der Waals surface area contributed by atoms with E-state index in [4.69, 9.17) is 4.74 Å². The molecule has 2 amide bonds. The summed E-state index contributed by atoms with van der Waals surface area (Å²) in [6.45, 7) is 1.14. The minimum Gasteiger partial charge on any atom is -0.497 e. The SMILES string of the molecule is COc1ccc(N2C[C@H](NC(=O)C3(Cn4ccnc4)CC3)CC2=O)cc1. The summed E-state index contributed by atoms with van der Waals surface area (Å²) in [5.41, 5.74) is 0.476. The van der Waals surface area contributed by atoms with Gasteiger partial charge in [0.05, 0.1) is 24.9 Å². The Balaban J connectivity index is 1.38. The van der Waals surface area contributed by atoms with Crippen LogP contribution in [-0.4, -0.2) is 41.1 Å². The first kappa shape index (κ1) is 16.6. The second kappa shape index (κ2) is 6.48. The van der Waals surface area contributed by atoms with Crippen molar-refractivity contribution in [2.24, 2.45) is 5.41 Å². The molecule has 4 rings (SSSR count). The number of ether oxygens (including phenoxy) is 1. The Morgan fingerprint density at radius 1 is 1.35 bits per heavy atom. The number of carbonyl (C=O) groups excluding carboxylic acids is 2. The molecule has 1 aromatic heterocycles. The molecule has 0 radical (unpaired) electrons. The number of methoxy groups -OCH3 is 1. The molecule has 1 atom stereocenters. The first-order valence-corrected chi connectivity index (χ1v) is 8.81. The zero-order chi connectivity index (χ0) is 18.1. The highest BCUT2D eigenvalue weighted by Gasteiger charge is 2.51. The summed E-state index contributed by atoms with van der Waals surface area (Å²) in [6, 6.07) is 7.24. The average Bonchev–Trinajstić information content (AvgIpc) is 3.07. The number of amides is 2. The van der Waals surface area contributed by atoms with Gasteiger partial charge in [0.2, 0.25) is 11.8 Å². The van der Waals surface area contributed by atoms with Crippen LogP contribution in [0.4, 0.5) is 5.69 Å². The lowest BCUT2D eigenvalue weighted by molar-refractivity contribution is -0.127. The van der Waals surface area contributed by atoms with Crippen molar-refractivity contribution in [2.45, 2.75) is 31.8 Å². The first-order chi connectivity index (χ1) is 12.6. The molecule has 1 aliphatic carbocycles. The third kappa shape index (κ3) is 3.16. The maximum atomic E-state index is 12.8. The maximum absolute atomic E-state index is 12.8. The second-order valence-electron chi connectivity index (χ2n) is 7.09. The van der Waals surface area contributed by atoms with Gasteiger partial charge >= 0.3 is 0 Å². The van der Waals surface area contributed by atoms with Gasteiger partial charge in [-0.25, -0.2) is 4.98 Å². The summed E-state index contributed by atoms with van der Waals surface area (Å²) in [5.74, 6) is 0.820. The molecule has 26 heavy (non-hydrogen) atoms. The molecule has 0 unspecified atom stereocenters. The van der Waals surface area contributed by atoms with Gasteiger partial charge in [0.25, 0.3) is 0 Å². The predicted octanol–water partition coefficient (Wildman–Crippen LogP) is 1.59. The van der Waals surface area contributed by atoms with Crippen molar-refractivity contribution in [1.29, 1.82) is 0 Å². The fourth-order valence-corrected chi connectivity index (χ4v) is 3.49. The number of imidazole rings is 1. The van der Waals surface area contributed by atoms with Crippen LogP contribution in [0.3, 0.4) is 0 Å². The number of carbonyl (C=O) groups is 2. The van der Waals surface area contributed by atoms with E-state index < -0.39 is 0 Å². The van der Waals surface area contributed by atoms with Gasteiger partial charge in [-0.2, -0.15) is 0 Å². The largest absolute Gasteiger partial charge is 0.497 e. The molecule has 7 heteroatoms. The van der Waals surface area contributed by atoms with E-state index in [1.165, 1.54) is 0 Å². The number of nitrogens with zero attached hydrogens (tertiary/aromatic N) is 3. The number of nitrogens with one attached hydrogen (secondary N) is 1. The zero-order valence-corrected chi connectivity index (χ0v) is 14.7. The monoisotopic (exact) mass is 354 g/mol. The van der Waals surface area contributed by atoms with Crippen LogP contribution in [0.15, 0.2) is 43.0 Å². The Kier molecular flexibility index (Phi) is 4.14. The van der Waals surface area contributed by atoms with E-state index in [0.717, 1.165) is 24.3 Å². The van der Waals surface area contributed by atoms with E-state index >= 15 is 0 Å². The van der Waals surface area contributed by atoms with E-state index in [1.807, 2.05) is 35.0 Å². The fourth-order valence-electron chi connectivity index (χ4n) is 3.49. The Morgan fingerprint density at radius 3 is 2.73 bits per heavy atom. The van der Waals surface area contributed by atoms with Crippen molar-refractivity contribution >= 4 is 17.5 Å². The maximum Gasteiger partial charge on any atom is 0.229 e. The molecule has 7 nitrogen and oxygen atoms in total. The van der Waals surface area contributed by atoms with E-state index in [1.54, 1.807) is 24.5 Å². The van der Waals surface area contributed by atoms with E-state index in [0.29, 0.717) is 19.5 Å². The molecule has 1 saturated carbocycles. The van der Waals surface area contributed by atoms with E-state index in [9.17, 15) is 9.59 Å². The summed E-state index contributed by atoms with van der Waals surface area (Å²) in [6.07, 6.45) is 7.41. The van der Waals surface area contributed by atoms with Gasteiger partial charge in [-0.15, -0.1) is 0 Å². The third-order valence-corrected chi connectivity index (χ3v) is 5.22. The molecule has 136 valence electrons. The summed E-state index contributed by atoms with van der Waals surface area (Å²) in [4.78, 5) is 30.9. The molecule has 1 saturated heterocycles. The van der Waals surface area contributed by atoms with Crippen LogP contribution in [0.2, 0.25) is 0 Å². The zero-order valence-electron chi connectivity index (χ0n) is 14.7. The number of hydrogen-bond acceptors (Lipinski definition) is 4. The van der Waals surface area contributed by atoms with Gasteiger partial charge in [-0.3, -0.25) is 9.59 Å². The van der Waals surface area contributed by atoms with Gasteiger partial charge in [0.15, 0.2) is 0 Å². The Bertz CT molecular complexity index is 797. The molecule has 0 bridgehead atoms. The minimum atomic E-state index is -0.350. The summed E-state index contributed by atoms with van der Waals surface area (Å²) >= 11 is 0. The number of benzene rings is 1. The Morgan fingerprint density at radius 2 is 2.12 bits per heavy atom. The third-order valence-electron chi connectivity index (χ3n) is 5.22. The highest BCUT2D eigenvalue weighted by Crippen LogP contribution is 2.47. The van der Waals surface area contributed by atoms with Gasteiger partial charge in [0, 0.05) is 37.6 Å². The van der Waals surface area contributed by atoms with Crippen molar-refractivity contribution in [1.82, 2.24) is 14.9 Å². The van der Waals surface area contributed by atoms with Gasteiger partial charge in [0.1, 0.15) is 5.75 Å². The van der Waals surface area contributed by atoms with E-state index in [-0.39, 0.29) is 23.3 Å². The lowest BCUT2D eigenvalue weighted by atomic mass is 10.1. The number of aromatic nitrogens is 2. The molecular formula is C19H22N4O3. The highest BCUT2D eigenvalue weighted by atomic mass is 16.5. The molecule has 0 spiro atoms. The minimum absolute atomic E-state index is 0.0277. The summed E-state index contributed by atoms with van der Waals surface area (Å²) in [5, 5.41) is 3.09. The lowest BCUT2D eigenvalue weighted by Crippen LogP contribution is -2.42. The van der Waals surface area contributed by atoms with Gasteiger partial charge < -0.3 is 19.5 Å². The molecule has 2 aromatic rings. The fraction of sp³-hybridized carbons (Fsp3) is 0.421. The second-order valence-corrected chi connectivity index (χ2v) is 7.09. The molecule has 1 aliphatic heterocycles. The van der Waals surface area contributed by atoms with Crippen LogP contribution >= 0.6 is 0 Å². The summed E-state index contributed by atoms with van der Waals surface area (Å²) < 4.78 is 7.09. The Labute approximate surface area is 152 Å². The van der Waals surface area contributed by atoms with Crippen LogP contribution in [0.25, 0.3) is 0 Å². The first-order valence-electron chi connectivity index (χ1n) is 8.81. The highest BCUT2D eigenvalue weighted by molar-refractivity contribution is 5.97. The van der Waals surface area contributed by atoms with Crippen molar-refractivity contribution in [2.75, 3.05) is 18.6 Å². The molecule has 2 aliphatic rings. The molecular weight excluding hydrogens is 332 g/mol. The van der Waals surface area contributed by atoms with Crippen LogP contribution < -0.4 is 15.0 Å². The quantitative estimate of drug-likeness (QED) is 0.855. The van der Waals surface area contributed by atoms with Crippen LogP contribution in [0.1, 0.15) is 19.3 Å². The molecule has 2 heterocycles. The predicted molar refractivity (Wildman–Crippen MR) is 95.8 cm³/mol. The summed E-state index contributed by atoms with van der Waals surface area (Å²) in [7, 11) is 1.61. The van der Waals surface area contributed by atoms with Gasteiger partial charge in [-0.1, -0.05) is 0 Å². The lowest BCUT2D eigenvalue weighted by Gasteiger charge is -2.20. The van der Waals surface area contributed by atoms with Crippen LogP contribution in [0.5, 0.6) is 5.75 Å².